The molecule has 1 aromatic carbocycles. The number of carbonyl (C=O) groups is 1. The SMILES string of the molecule is Cc1noc(C)c1CCCNC(=O)[C@@H]1CCOc2ccccc2C1. The maximum atomic E-state index is 12.5. The topological polar surface area (TPSA) is 64.4 Å². The van der Waals surface area contributed by atoms with Crippen molar-refractivity contribution in [2.75, 3.05) is 13.2 Å². The Hall–Kier alpha value is -2.30. The van der Waals surface area contributed by atoms with E-state index < -0.39 is 0 Å². The fourth-order valence-electron chi connectivity index (χ4n) is 3.20. The van der Waals surface area contributed by atoms with Crippen molar-refractivity contribution >= 4 is 5.91 Å². The minimum absolute atomic E-state index is 0.0206. The van der Waals surface area contributed by atoms with E-state index in [0.717, 1.165) is 54.0 Å². The normalized spacial score (nSPS) is 16.8. The minimum atomic E-state index is -0.0206. The van der Waals surface area contributed by atoms with Gasteiger partial charge >= 0.3 is 0 Å². The zero-order valence-corrected chi connectivity index (χ0v) is 14.3. The van der Waals surface area contributed by atoms with Crippen LogP contribution in [0.5, 0.6) is 5.75 Å². The summed E-state index contributed by atoms with van der Waals surface area (Å²) in [6, 6.07) is 7.97. The third kappa shape index (κ3) is 3.78. The third-order valence-corrected chi connectivity index (χ3v) is 4.62. The summed E-state index contributed by atoms with van der Waals surface area (Å²) in [5.74, 6) is 1.88. The van der Waals surface area contributed by atoms with Gasteiger partial charge in [0.2, 0.25) is 5.91 Å². The van der Waals surface area contributed by atoms with Crippen LogP contribution in [0, 0.1) is 19.8 Å². The van der Waals surface area contributed by atoms with Crippen molar-refractivity contribution in [3.05, 3.63) is 46.8 Å². The van der Waals surface area contributed by atoms with Crippen LogP contribution < -0.4 is 10.1 Å². The Morgan fingerprint density at radius 1 is 1.33 bits per heavy atom. The lowest BCUT2D eigenvalue weighted by molar-refractivity contribution is -0.125. The molecule has 0 unspecified atom stereocenters. The van der Waals surface area contributed by atoms with Gasteiger partial charge in [0, 0.05) is 18.0 Å². The largest absolute Gasteiger partial charge is 0.493 e. The van der Waals surface area contributed by atoms with E-state index in [1.165, 1.54) is 0 Å². The van der Waals surface area contributed by atoms with Gasteiger partial charge in [-0.25, -0.2) is 0 Å². The van der Waals surface area contributed by atoms with Crippen molar-refractivity contribution < 1.29 is 14.1 Å². The average Bonchev–Trinajstić information content (AvgIpc) is 2.79. The molecule has 0 saturated heterocycles. The first-order valence-electron chi connectivity index (χ1n) is 8.55. The molecule has 0 bridgehead atoms. The van der Waals surface area contributed by atoms with Crippen molar-refractivity contribution in [2.45, 2.75) is 39.5 Å². The van der Waals surface area contributed by atoms with Gasteiger partial charge in [-0.05, 0) is 51.2 Å². The average molecular weight is 328 g/mol. The summed E-state index contributed by atoms with van der Waals surface area (Å²) in [5, 5.41) is 7.03. The number of rotatable bonds is 5. The Morgan fingerprint density at radius 2 is 2.17 bits per heavy atom. The van der Waals surface area contributed by atoms with Crippen LogP contribution in [0.15, 0.2) is 28.8 Å². The molecule has 1 aromatic heterocycles. The van der Waals surface area contributed by atoms with Crippen molar-refractivity contribution in [1.82, 2.24) is 10.5 Å². The van der Waals surface area contributed by atoms with E-state index in [9.17, 15) is 4.79 Å². The molecule has 2 aromatic rings. The maximum Gasteiger partial charge on any atom is 0.223 e. The molecule has 1 aliphatic rings. The second-order valence-corrected chi connectivity index (χ2v) is 6.34. The molecule has 5 nitrogen and oxygen atoms in total. The molecule has 0 saturated carbocycles. The molecule has 128 valence electrons. The fraction of sp³-hybridized carbons (Fsp3) is 0.474. The summed E-state index contributed by atoms with van der Waals surface area (Å²) in [6.07, 6.45) is 3.25. The minimum Gasteiger partial charge on any atom is -0.493 e. The second kappa shape index (κ2) is 7.51. The Balaban J connectivity index is 1.49. The standard InChI is InChI=1S/C19H24N2O3/c1-13-17(14(2)24-21-13)7-5-10-20-19(22)16-9-11-23-18-8-4-3-6-15(18)12-16/h3-4,6,8,16H,5,7,9-12H2,1-2H3,(H,20,22)/t16-/m1/s1. The van der Waals surface area contributed by atoms with Gasteiger partial charge in [-0.2, -0.15) is 0 Å². The molecule has 2 heterocycles. The summed E-state index contributed by atoms with van der Waals surface area (Å²) in [4.78, 5) is 12.5. The molecule has 24 heavy (non-hydrogen) atoms. The lowest BCUT2D eigenvalue weighted by Crippen LogP contribution is -2.33. The molecule has 0 spiro atoms. The van der Waals surface area contributed by atoms with Crippen LogP contribution in [0.1, 0.15) is 35.4 Å². The summed E-state index contributed by atoms with van der Waals surface area (Å²) < 4.78 is 10.9. The summed E-state index contributed by atoms with van der Waals surface area (Å²) >= 11 is 0. The summed E-state index contributed by atoms with van der Waals surface area (Å²) in [7, 11) is 0. The fourth-order valence-corrected chi connectivity index (χ4v) is 3.20. The number of aromatic nitrogens is 1. The molecule has 1 aliphatic heterocycles. The van der Waals surface area contributed by atoms with Crippen molar-refractivity contribution in [3.8, 4) is 5.75 Å². The number of amides is 1. The van der Waals surface area contributed by atoms with Crippen LogP contribution in [0.2, 0.25) is 0 Å². The van der Waals surface area contributed by atoms with Crippen LogP contribution in [-0.4, -0.2) is 24.2 Å². The number of benzene rings is 1. The monoisotopic (exact) mass is 328 g/mol. The second-order valence-electron chi connectivity index (χ2n) is 6.34. The third-order valence-electron chi connectivity index (χ3n) is 4.62. The molecule has 1 atom stereocenters. The maximum absolute atomic E-state index is 12.5. The number of fused-ring (bicyclic) bond motifs is 1. The highest BCUT2D eigenvalue weighted by molar-refractivity contribution is 5.79. The van der Waals surface area contributed by atoms with Gasteiger partial charge < -0.3 is 14.6 Å². The summed E-state index contributed by atoms with van der Waals surface area (Å²) in [5.41, 5.74) is 3.21. The lowest BCUT2D eigenvalue weighted by Gasteiger charge is -2.14. The predicted octanol–water partition coefficient (Wildman–Crippen LogP) is 2.98. The van der Waals surface area contributed by atoms with Crippen molar-refractivity contribution in [1.29, 1.82) is 0 Å². The molecular weight excluding hydrogens is 304 g/mol. The Morgan fingerprint density at radius 3 is 2.96 bits per heavy atom. The molecule has 0 fully saturated rings. The van der Waals surface area contributed by atoms with Crippen molar-refractivity contribution in [2.24, 2.45) is 5.92 Å². The van der Waals surface area contributed by atoms with Gasteiger partial charge in [0.15, 0.2) is 0 Å². The molecule has 5 heteroatoms. The van der Waals surface area contributed by atoms with E-state index in [0.29, 0.717) is 13.2 Å². The van der Waals surface area contributed by atoms with Crippen LogP contribution in [0.25, 0.3) is 0 Å². The van der Waals surface area contributed by atoms with Crippen LogP contribution in [0.4, 0.5) is 0 Å². The number of para-hydroxylation sites is 1. The molecular formula is C19H24N2O3. The van der Waals surface area contributed by atoms with E-state index >= 15 is 0 Å². The number of hydrogen-bond acceptors (Lipinski definition) is 4. The van der Waals surface area contributed by atoms with Crippen LogP contribution >= 0.6 is 0 Å². The molecule has 1 amide bonds. The van der Waals surface area contributed by atoms with E-state index in [2.05, 4.69) is 10.5 Å². The highest BCUT2D eigenvalue weighted by Gasteiger charge is 2.23. The van der Waals surface area contributed by atoms with Gasteiger partial charge in [0.1, 0.15) is 11.5 Å². The Bertz CT molecular complexity index is 689. The first kappa shape index (κ1) is 16.6. The van der Waals surface area contributed by atoms with Gasteiger partial charge in [-0.3, -0.25) is 4.79 Å². The Labute approximate surface area is 142 Å². The zero-order valence-electron chi connectivity index (χ0n) is 14.3. The zero-order chi connectivity index (χ0) is 16.9. The highest BCUT2D eigenvalue weighted by atomic mass is 16.5. The number of aryl methyl sites for hydroxylation is 2. The van der Waals surface area contributed by atoms with Gasteiger partial charge in [0.25, 0.3) is 0 Å². The highest BCUT2D eigenvalue weighted by Crippen LogP contribution is 2.26. The van der Waals surface area contributed by atoms with Crippen LogP contribution in [-0.2, 0) is 17.6 Å². The first-order valence-corrected chi connectivity index (χ1v) is 8.55. The number of nitrogens with zero attached hydrogens (tertiary/aromatic N) is 1. The number of hydrogen-bond donors (Lipinski definition) is 1. The lowest BCUT2D eigenvalue weighted by atomic mass is 9.96. The van der Waals surface area contributed by atoms with E-state index in [1.807, 2.05) is 38.1 Å². The van der Waals surface area contributed by atoms with E-state index in [1.54, 1.807) is 0 Å². The van der Waals surface area contributed by atoms with Gasteiger partial charge in [0.05, 0.1) is 12.3 Å². The van der Waals surface area contributed by atoms with E-state index in [4.69, 9.17) is 9.26 Å². The smallest absolute Gasteiger partial charge is 0.223 e. The van der Waals surface area contributed by atoms with Crippen molar-refractivity contribution in [3.63, 3.8) is 0 Å². The molecule has 1 N–H and O–H groups in total. The first-order chi connectivity index (χ1) is 11.6. The molecule has 0 aliphatic carbocycles. The van der Waals surface area contributed by atoms with Gasteiger partial charge in [-0.15, -0.1) is 0 Å². The quantitative estimate of drug-likeness (QED) is 0.857. The number of nitrogens with one attached hydrogen (secondary N) is 1. The molecule has 3 rings (SSSR count). The molecule has 0 radical (unpaired) electrons. The van der Waals surface area contributed by atoms with E-state index in [-0.39, 0.29) is 11.8 Å². The van der Waals surface area contributed by atoms with Gasteiger partial charge in [-0.1, -0.05) is 23.4 Å². The number of carbonyl (C=O) groups excluding carboxylic acids is 1. The Kier molecular flexibility index (Phi) is 5.18. The summed E-state index contributed by atoms with van der Waals surface area (Å²) in [6.45, 7) is 5.14. The predicted molar refractivity (Wildman–Crippen MR) is 91.1 cm³/mol. The van der Waals surface area contributed by atoms with Crippen LogP contribution in [0.3, 0.4) is 0 Å². The number of ether oxygens (including phenoxy) is 1.